The molecule has 1 aliphatic rings. The number of ether oxygens (including phenoxy) is 2. The number of para-hydroxylation sites is 1. The molecule has 0 aliphatic heterocycles. The zero-order valence-electron chi connectivity index (χ0n) is 16.6. The van der Waals surface area contributed by atoms with Crippen molar-refractivity contribution >= 4 is 28.8 Å². The molecule has 0 bridgehead atoms. The highest BCUT2D eigenvalue weighted by atomic mass is 32.1. The van der Waals surface area contributed by atoms with Gasteiger partial charge in [-0.15, -0.1) is 11.3 Å². The number of carbonyl (C=O) groups is 2. The molecular weight excluding hydrogens is 402 g/mol. The molecule has 154 valence electrons. The van der Waals surface area contributed by atoms with E-state index in [0.717, 1.165) is 18.4 Å². The summed E-state index contributed by atoms with van der Waals surface area (Å²) < 4.78 is 10.8. The minimum absolute atomic E-state index is 0.0910. The van der Waals surface area contributed by atoms with Crippen LogP contribution >= 0.6 is 11.3 Å². The number of thiazole rings is 1. The predicted octanol–water partition coefficient (Wildman–Crippen LogP) is 3.97. The van der Waals surface area contributed by atoms with Crippen LogP contribution in [0.15, 0.2) is 47.8 Å². The lowest BCUT2D eigenvalue weighted by Gasteiger charge is -2.10. The molecule has 0 unspecified atom stereocenters. The highest BCUT2D eigenvalue weighted by Gasteiger charge is 2.23. The van der Waals surface area contributed by atoms with Crippen LogP contribution in [0.5, 0.6) is 11.5 Å². The van der Waals surface area contributed by atoms with Crippen molar-refractivity contribution in [2.75, 3.05) is 19.5 Å². The first kappa shape index (κ1) is 19.9. The van der Waals surface area contributed by atoms with Gasteiger partial charge < -0.3 is 20.1 Å². The molecule has 7 nitrogen and oxygen atoms in total. The number of methoxy groups -OCH3 is 2. The molecule has 0 spiro atoms. The maximum absolute atomic E-state index is 12.6. The number of aromatic nitrogens is 1. The average molecular weight is 423 g/mol. The number of hydrogen-bond acceptors (Lipinski definition) is 6. The van der Waals surface area contributed by atoms with Crippen LogP contribution in [0.25, 0.3) is 10.6 Å². The van der Waals surface area contributed by atoms with Gasteiger partial charge in [0.05, 0.1) is 19.8 Å². The Morgan fingerprint density at radius 2 is 1.80 bits per heavy atom. The monoisotopic (exact) mass is 423 g/mol. The number of nitrogens with one attached hydrogen (secondary N) is 2. The number of carbonyl (C=O) groups excluding carboxylic acids is 2. The van der Waals surface area contributed by atoms with Gasteiger partial charge >= 0.3 is 0 Å². The number of amides is 2. The molecule has 1 saturated carbocycles. The summed E-state index contributed by atoms with van der Waals surface area (Å²) >= 11 is 1.35. The topological polar surface area (TPSA) is 89.5 Å². The van der Waals surface area contributed by atoms with Crippen molar-refractivity contribution in [1.29, 1.82) is 0 Å². The van der Waals surface area contributed by atoms with Crippen molar-refractivity contribution in [2.45, 2.75) is 18.9 Å². The fourth-order valence-corrected chi connectivity index (χ4v) is 3.78. The van der Waals surface area contributed by atoms with Crippen LogP contribution in [0, 0.1) is 0 Å². The molecule has 2 aromatic carbocycles. The van der Waals surface area contributed by atoms with Crippen LogP contribution < -0.4 is 20.1 Å². The predicted molar refractivity (Wildman–Crippen MR) is 116 cm³/mol. The van der Waals surface area contributed by atoms with Gasteiger partial charge in [-0.3, -0.25) is 9.59 Å². The largest absolute Gasteiger partial charge is 0.493 e. The molecule has 1 aromatic heterocycles. The van der Waals surface area contributed by atoms with E-state index >= 15 is 0 Å². The van der Waals surface area contributed by atoms with E-state index in [2.05, 4.69) is 15.6 Å². The van der Waals surface area contributed by atoms with Crippen molar-refractivity contribution in [3.05, 3.63) is 59.1 Å². The van der Waals surface area contributed by atoms with E-state index in [4.69, 9.17) is 9.47 Å². The Morgan fingerprint density at radius 1 is 1.03 bits per heavy atom. The molecule has 8 heteroatoms. The normalized spacial score (nSPS) is 12.9. The highest BCUT2D eigenvalue weighted by Crippen LogP contribution is 2.39. The quantitative estimate of drug-likeness (QED) is 0.600. The first-order valence-corrected chi connectivity index (χ1v) is 10.4. The average Bonchev–Trinajstić information content (AvgIpc) is 3.44. The zero-order valence-corrected chi connectivity index (χ0v) is 17.4. The molecule has 1 fully saturated rings. The first-order chi connectivity index (χ1) is 14.6. The molecule has 0 atom stereocenters. The molecule has 2 N–H and O–H groups in total. The standard InChI is InChI=1S/C22H21N3O4S/c1-28-18-5-3-4-16(19(18)29-2)22-25-17(12-30-22)21(27)24-14-8-6-13(7-9-14)20(26)23-15-10-11-15/h3-9,12,15H,10-11H2,1-2H3,(H,23,26)(H,24,27). The van der Waals surface area contributed by atoms with Crippen molar-refractivity contribution in [3.63, 3.8) is 0 Å². The lowest BCUT2D eigenvalue weighted by Crippen LogP contribution is -2.25. The third kappa shape index (κ3) is 4.28. The summed E-state index contributed by atoms with van der Waals surface area (Å²) in [7, 11) is 3.14. The number of benzene rings is 2. The minimum Gasteiger partial charge on any atom is -0.493 e. The summed E-state index contributed by atoms with van der Waals surface area (Å²) in [5.74, 6) is 0.754. The fourth-order valence-electron chi connectivity index (χ4n) is 2.95. The fraction of sp³-hybridized carbons (Fsp3) is 0.227. The smallest absolute Gasteiger partial charge is 0.275 e. The Kier molecular flexibility index (Phi) is 5.67. The third-order valence-electron chi connectivity index (χ3n) is 4.69. The van der Waals surface area contributed by atoms with E-state index in [1.807, 2.05) is 12.1 Å². The summed E-state index contributed by atoms with van der Waals surface area (Å²) in [6.07, 6.45) is 2.08. The summed E-state index contributed by atoms with van der Waals surface area (Å²) in [4.78, 5) is 29.1. The molecule has 2 amide bonds. The van der Waals surface area contributed by atoms with Crippen LogP contribution in [0.1, 0.15) is 33.7 Å². The molecule has 0 saturated heterocycles. The Morgan fingerprint density at radius 3 is 2.47 bits per heavy atom. The third-order valence-corrected chi connectivity index (χ3v) is 5.56. The van der Waals surface area contributed by atoms with E-state index in [1.165, 1.54) is 11.3 Å². The van der Waals surface area contributed by atoms with Crippen molar-refractivity contribution in [3.8, 4) is 22.1 Å². The maximum atomic E-state index is 12.6. The van der Waals surface area contributed by atoms with Crippen molar-refractivity contribution in [2.24, 2.45) is 0 Å². The molecule has 30 heavy (non-hydrogen) atoms. The first-order valence-electron chi connectivity index (χ1n) is 9.48. The van der Waals surface area contributed by atoms with Gasteiger partial charge in [0.1, 0.15) is 10.7 Å². The SMILES string of the molecule is COc1cccc(-c2nc(C(=O)Nc3ccc(C(=O)NC4CC4)cc3)cs2)c1OC. The van der Waals surface area contributed by atoms with Crippen LogP contribution in [-0.4, -0.2) is 37.1 Å². The van der Waals surface area contributed by atoms with E-state index in [9.17, 15) is 9.59 Å². The maximum Gasteiger partial charge on any atom is 0.275 e. The number of hydrogen-bond donors (Lipinski definition) is 2. The molecule has 3 aromatic rings. The summed E-state index contributed by atoms with van der Waals surface area (Å²) in [5.41, 5.74) is 2.22. The van der Waals surface area contributed by atoms with Gasteiger partial charge in [-0.05, 0) is 49.2 Å². The number of nitrogens with zero attached hydrogens (tertiary/aromatic N) is 1. The molecular formula is C22H21N3O4S. The van der Waals surface area contributed by atoms with E-state index in [1.54, 1.807) is 49.9 Å². The van der Waals surface area contributed by atoms with Gasteiger partial charge in [0, 0.05) is 22.7 Å². The summed E-state index contributed by atoms with van der Waals surface area (Å²) in [6.45, 7) is 0. The Balaban J connectivity index is 1.46. The van der Waals surface area contributed by atoms with Crippen LogP contribution in [0.3, 0.4) is 0 Å². The van der Waals surface area contributed by atoms with E-state index in [0.29, 0.717) is 39.5 Å². The van der Waals surface area contributed by atoms with Gasteiger partial charge in [-0.2, -0.15) is 0 Å². The van der Waals surface area contributed by atoms with Gasteiger partial charge in [-0.25, -0.2) is 4.98 Å². The minimum atomic E-state index is -0.324. The molecule has 0 radical (unpaired) electrons. The summed E-state index contributed by atoms with van der Waals surface area (Å²) in [5, 5.41) is 8.10. The second-order valence-electron chi connectivity index (χ2n) is 6.86. The van der Waals surface area contributed by atoms with Gasteiger partial charge in [0.25, 0.3) is 11.8 Å². The summed E-state index contributed by atoms with van der Waals surface area (Å²) in [6, 6.07) is 12.6. The molecule has 1 aliphatic carbocycles. The lowest BCUT2D eigenvalue weighted by molar-refractivity contribution is 0.0950. The second-order valence-corrected chi connectivity index (χ2v) is 7.72. The van der Waals surface area contributed by atoms with Crippen LogP contribution in [0.4, 0.5) is 5.69 Å². The van der Waals surface area contributed by atoms with Gasteiger partial charge in [0.15, 0.2) is 11.5 Å². The molecule has 1 heterocycles. The Bertz CT molecular complexity index is 1070. The second kappa shape index (κ2) is 8.54. The zero-order chi connectivity index (χ0) is 21.1. The van der Waals surface area contributed by atoms with Crippen LogP contribution in [0.2, 0.25) is 0 Å². The van der Waals surface area contributed by atoms with Gasteiger partial charge in [-0.1, -0.05) is 6.07 Å². The lowest BCUT2D eigenvalue weighted by atomic mass is 10.2. The van der Waals surface area contributed by atoms with E-state index in [-0.39, 0.29) is 11.8 Å². The molecule has 4 rings (SSSR count). The van der Waals surface area contributed by atoms with Crippen LogP contribution in [-0.2, 0) is 0 Å². The highest BCUT2D eigenvalue weighted by molar-refractivity contribution is 7.13. The number of anilines is 1. The van der Waals surface area contributed by atoms with E-state index < -0.39 is 0 Å². The van der Waals surface area contributed by atoms with Crippen molar-refractivity contribution < 1.29 is 19.1 Å². The van der Waals surface area contributed by atoms with Crippen molar-refractivity contribution in [1.82, 2.24) is 10.3 Å². The Labute approximate surface area is 178 Å². The number of rotatable bonds is 7. The van der Waals surface area contributed by atoms with Gasteiger partial charge in [0.2, 0.25) is 0 Å². The Hall–Kier alpha value is -3.39.